The van der Waals surface area contributed by atoms with Gasteiger partial charge >= 0.3 is 0 Å². The highest BCUT2D eigenvalue weighted by Gasteiger charge is 2.09. The molecule has 0 atom stereocenters. The minimum absolute atomic E-state index is 0.249. The molecule has 0 bridgehead atoms. The zero-order chi connectivity index (χ0) is 18.6. The maximum absolute atomic E-state index is 13.8. The van der Waals surface area contributed by atoms with Gasteiger partial charge in [-0.15, -0.1) is 0 Å². The maximum Gasteiger partial charge on any atom is 0.137 e. The number of hydrogen-bond acceptors (Lipinski definition) is 3. The third-order valence-corrected chi connectivity index (χ3v) is 4.58. The van der Waals surface area contributed by atoms with Crippen LogP contribution in [0.5, 0.6) is 0 Å². The Bertz CT molecular complexity index is 618. The van der Waals surface area contributed by atoms with Crippen LogP contribution in [0, 0.1) is 5.82 Å². The molecule has 0 amide bonds. The summed E-state index contributed by atoms with van der Waals surface area (Å²) in [5.74, 6) is 1.18. The molecular weight excluding hydrogens is 327 g/mol. The number of unbranched alkanes of at least 4 members (excludes halogenated alkanes) is 2. The third kappa shape index (κ3) is 6.93. The molecule has 144 valence electrons. The third-order valence-electron chi connectivity index (χ3n) is 4.58. The number of hydrogen-bond donors (Lipinski definition) is 1. The second-order valence-electron chi connectivity index (χ2n) is 6.82. The Morgan fingerprint density at radius 2 is 1.62 bits per heavy atom. The smallest absolute Gasteiger partial charge is 0.137 e. The van der Waals surface area contributed by atoms with Crippen molar-refractivity contribution >= 4 is 0 Å². The number of benzene rings is 1. The van der Waals surface area contributed by atoms with Gasteiger partial charge in [-0.3, -0.25) is 0 Å². The first kappa shape index (κ1) is 20.7. The summed E-state index contributed by atoms with van der Waals surface area (Å²) in [4.78, 5) is 2.58. The monoisotopic (exact) mass is 360 g/mol. The van der Waals surface area contributed by atoms with Gasteiger partial charge in [-0.1, -0.05) is 38.8 Å². The second-order valence-corrected chi connectivity index (χ2v) is 6.82. The van der Waals surface area contributed by atoms with Crippen LogP contribution in [0.25, 0.3) is 11.3 Å². The molecule has 4 heteroatoms. The van der Waals surface area contributed by atoms with Crippen LogP contribution >= 0.6 is 0 Å². The summed E-state index contributed by atoms with van der Waals surface area (Å²) < 4.78 is 19.6. The molecule has 0 aliphatic rings. The summed E-state index contributed by atoms with van der Waals surface area (Å²) >= 11 is 0. The van der Waals surface area contributed by atoms with Crippen LogP contribution in [0.15, 0.2) is 40.8 Å². The fourth-order valence-corrected chi connectivity index (χ4v) is 3.02. The first-order valence-corrected chi connectivity index (χ1v) is 10.0. The average Bonchev–Trinajstić information content (AvgIpc) is 3.12. The summed E-state index contributed by atoms with van der Waals surface area (Å²) in [5.41, 5.74) is 0.515. The lowest BCUT2D eigenvalue weighted by Gasteiger charge is -2.21. The van der Waals surface area contributed by atoms with Crippen LogP contribution in [-0.2, 0) is 6.54 Å². The van der Waals surface area contributed by atoms with E-state index in [2.05, 4.69) is 24.1 Å². The second kappa shape index (κ2) is 11.9. The Kier molecular flexibility index (Phi) is 9.43. The minimum atomic E-state index is -0.249. The van der Waals surface area contributed by atoms with Crippen molar-refractivity contribution in [2.75, 3.05) is 26.2 Å². The number of rotatable bonds is 13. The van der Waals surface area contributed by atoms with Crippen molar-refractivity contribution in [2.45, 2.75) is 52.5 Å². The van der Waals surface area contributed by atoms with Crippen molar-refractivity contribution in [1.29, 1.82) is 0 Å². The lowest BCUT2D eigenvalue weighted by molar-refractivity contribution is 0.260. The first-order chi connectivity index (χ1) is 12.7. The van der Waals surface area contributed by atoms with Crippen molar-refractivity contribution in [2.24, 2.45) is 0 Å². The van der Waals surface area contributed by atoms with Crippen molar-refractivity contribution in [3.05, 3.63) is 48.0 Å². The van der Waals surface area contributed by atoms with Gasteiger partial charge in [0.1, 0.15) is 17.3 Å². The molecule has 26 heavy (non-hydrogen) atoms. The molecule has 0 aliphatic heterocycles. The van der Waals surface area contributed by atoms with Crippen molar-refractivity contribution in [3.63, 3.8) is 0 Å². The Labute approximate surface area is 157 Å². The normalized spacial score (nSPS) is 11.4. The van der Waals surface area contributed by atoms with E-state index in [-0.39, 0.29) is 5.82 Å². The summed E-state index contributed by atoms with van der Waals surface area (Å²) in [7, 11) is 0. The molecule has 0 spiro atoms. The fraction of sp³-hybridized carbons (Fsp3) is 0.545. The quantitative estimate of drug-likeness (QED) is 0.480. The molecule has 2 aromatic rings. The molecule has 0 aliphatic carbocycles. The standard InChI is InChI=1S/C22H33FN2O/c1-3-5-15-25(16-6-4-2)17-9-14-24-18-19-12-13-22(26-19)20-10-7-8-11-21(20)23/h7-8,10-13,24H,3-6,9,14-18H2,1-2H3. The topological polar surface area (TPSA) is 28.4 Å². The van der Waals surface area contributed by atoms with Gasteiger partial charge in [-0.2, -0.15) is 0 Å². The van der Waals surface area contributed by atoms with E-state index in [4.69, 9.17) is 4.42 Å². The van der Waals surface area contributed by atoms with Crippen LogP contribution in [0.1, 0.15) is 51.7 Å². The molecule has 0 saturated carbocycles. The molecule has 3 nitrogen and oxygen atoms in total. The van der Waals surface area contributed by atoms with E-state index in [0.29, 0.717) is 17.9 Å². The summed E-state index contributed by atoms with van der Waals surface area (Å²) in [5, 5.41) is 3.43. The molecule has 0 unspecified atom stereocenters. The van der Waals surface area contributed by atoms with Gasteiger partial charge in [0, 0.05) is 0 Å². The Hall–Kier alpha value is -1.65. The predicted molar refractivity (Wildman–Crippen MR) is 107 cm³/mol. The largest absolute Gasteiger partial charge is 0.460 e. The SMILES string of the molecule is CCCCN(CCCC)CCCNCc1ccc(-c2ccccc2F)o1. The van der Waals surface area contributed by atoms with Gasteiger partial charge in [0.15, 0.2) is 0 Å². The van der Waals surface area contributed by atoms with E-state index < -0.39 is 0 Å². The molecule has 1 aromatic heterocycles. The van der Waals surface area contributed by atoms with Gasteiger partial charge in [0.05, 0.1) is 12.1 Å². The highest BCUT2D eigenvalue weighted by molar-refractivity contribution is 5.58. The highest BCUT2D eigenvalue weighted by atomic mass is 19.1. The lowest BCUT2D eigenvalue weighted by atomic mass is 10.1. The number of furan rings is 1. The zero-order valence-electron chi connectivity index (χ0n) is 16.3. The fourth-order valence-electron chi connectivity index (χ4n) is 3.02. The molecule has 1 heterocycles. The van der Waals surface area contributed by atoms with Gasteiger partial charge in [0.25, 0.3) is 0 Å². The van der Waals surface area contributed by atoms with Crippen LogP contribution in [0.2, 0.25) is 0 Å². The maximum atomic E-state index is 13.8. The zero-order valence-corrected chi connectivity index (χ0v) is 16.3. The van der Waals surface area contributed by atoms with E-state index >= 15 is 0 Å². The molecule has 2 rings (SSSR count). The molecule has 0 radical (unpaired) electrons. The molecule has 1 aromatic carbocycles. The summed E-state index contributed by atoms with van der Waals surface area (Å²) in [6.45, 7) is 9.70. The number of nitrogens with one attached hydrogen (secondary N) is 1. The molecule has 0 saturated heterocycles. The van der Waals surface area contributed by atoms with Crippen LogP contribution in [0.3, 0.4) is 0 Å². The average molecular weight is 361 g/mol. The molecular formula is C22H33FN2O. The van der Waals surface area contributed by atoms with E-state index in [1.54, 1.807) is 12.1 Å². The van der Waals surface area contributed by atoms with Crippen LogP contribution in [0.4, 0.5) is 4.39 Å². The Morgan fingerprint density at radius 1 is 0.923 bits per heavy atom. The number of halogens is 1. The van der Waals surface area contributed by atoms with Gasteiger partial charge in [-0.25, -0.2) is 4.39 Å². The summed E-state index contributed by atoms with van der Waals surface area (Å²) in [6, 6.07) is 10.5. The number of nitrogens with zero attached hydrogens (tertiary/aromatic N) is 1. The Morgan fingerprint density at radius 3 is 2.31 bits per heavy atom. The lowest BCUT2D eigenvalue weighted by Crippen LogP contribution is -2.29. The van der Waals surface area contributed by atoms with Crippen molar-refractivity contribution < 1.29 is 8.81 Å². The van der Waals surface area contributed by atoms with E-state index in [9.17, 15) is 4.39 Å². The minimum Gasteiger partial charge on any atom is -0.460 e. The van der Waals surface area contributed by atoms with Crippen LogP contribution in [-0.4, -0.2) is 31.1 Å². The van der Waals surface area contributed by atoms with E-state index in [1.807, 2.05) is 18.2 Å². The van der Waals surface area contributed by atoms with Gasteiger partial charge in [-0.05, 0) is 69.7 Å². The van der Waals surface area contributed by atoms with Crippen LogP contribution < -0.4 is 5.32 Å². The van der Waals surface area contributed by atoms with Gasteiger partial charge in [0.2, 0.25) is 0 Å². The highest BCUT2D eigenvalue weighted by Crippen LogP contribution is 2.24. The Balaban J connectivity index is 1.70. The molecule has 1 N–H and O–H groups in total. The van der Waals surface area contributed by atoms with Crippen molar-refractivity contribution in [3.8, 4) is 11.3 Å². The van der Waals surface area contributed by atoms with E-state index in [0.717, 1.165) is 25.3 Å². The molecule has 0 fully saturated rings. The predicted octanol–water partition coefficient (Wildman–Crippen LogP) is 5.47. The van der Waals surface area contributed by atoms with Gasteiger partial charge < -0.3 is 14.6 Å². The summed E-state index contributed by atoms with van der Waals surface area (Å²) in [6.07, 6.45) is 6.20. The first-order valence-electron chi connectivity index (χ1n) is 10.0. The van der Waals surface area contributed by atoms with E-state index in [1.165, 1.54) is 44.8 Å². The van der Waals surface area contributed by atoms with Crippen molar-refractivity contribution in [1.82, 2.24) is 10.2 Å².